The van der Waals surface area contributed by atoms with E-state index < -0.39 is 13.8 Å². The maximum atomic E-state index is 10.2. The van der Waals surface area contributed by atoms with Crippen molar-refractivity contribution in [2.75, 3.05) is 13.2 Å². The Morgan fingerprint density at radius 1 is 1.19 bits per heavy atom. The summed E-state index contributed by atoms with van der Waals surface area (Å²) in [7, 11) is -4.25. The lowest BCUT2D eigenvalue weighted by Crippen LogP contribution is -1.98. The van der Waals surface area contributed by atoms with Crippen LogP contribution >= 0.6 is 7.82 Å². The van der Waals surface area contributed by atoms with Crippen LogP contribution in [0.5, 0.6) is 0 Å². The fourth-order valence-corrected chi connectivity index (χ4v) is 0.649. The van der Waals surface area contributed by atoms with E-state index in [0.717, 1.165) is 6.08 Å². The fraction of sp³-hybridized carbons (Fsp3) is 0.222. The molecule has 0 bridgehead atoms. The van der Waals surface area contributed by atoms with Crippen LogP contribution < -0.4 is 0 Å². The molecule has 0 radical (unpaired) electrons. The van der Waals surface area contributed by atoms with Crippen molar-refractivity contribution in [3.8, 4) is 0 Å². The van der Waals surface area contributed by atoms with Crippen molar-refractivity contribution in [3.05, 3.63) is 38.0 Å². The first kappa shape index (κ1) is 17.2. The van der Waals surface area contributed by atoms with Crippen molar-refractivity contribution < 1.29 is 28.4 Å². The molecule has 0 saturated heterocycles. The Morgan fingerprint density at radius 3 is 1.94 bits per heavy atom. The van der Waals surface area contributed by atoms with Crippen molar-refractivity contribution in [1.82, 2.24) is 0 Å². The smallest absolute Gasteiger partial charge is 0.458 e. The van der Waals surface area contributed by atoms with Crippen LogP contribution in [0.3, 0.4) is 0 Å². The summed E-state index contributed by atoms with van der Waals surface area (Å²) in [5, 5.41) is 0. The first-order chi connectivity index (χ1) is 7.37. The lowest BCUT2D eigenvalue weighted by atomic mass is 10.6. The molecule has 2 N–H and O–H groups in total. The van der Waals surface area contributed by atoms with E-state index in [4.69, 9.17) is 9.79 Å². The van der Waals surface area contributed by atoms with Gasteiger partial charge in [-0.3, -0.25) is 4.52 Å². The molecule has 0 rings (SSSR count). The van der Waals surface area contributed by atoms with Gasteiger partial charge in [0.2, 0.25) is 0 Å². The standard InChI is InChI=1S/C6H8O2.C3H7O4P/c1-3-5-8-6(7)4-2;1-2-3-7-8(4,5)6/h3-4H,1-2,5H2;2H,1,3H2,(H2,4,5,6). The van der Waals surface area contributed by atoms with Gasteiger partial charge in [-0.25, -0.2) is 9.36 Å². The van der Waals surface area contributed by atoms with Gasteiger partial charge in [0.15, 0.2) is 0 Å². The third kappa shape index (κ3) is 18.6. The Kier molecular flexibility index (Phi) is 11.1. The van der Waals surface area contributed by atoms with E-state index in [-0.39, 0.29) is 13.2 Å². The number of hydrogen-bond donors (Lipinski definition) is 2. The third-order valence-electron chi connectivity index (χ3n) is 0.871. The molecule has 16 heavy (non-hydrogen) atoms. The molecule has 6 nitrogen and oxygen atoms in total. The van der Waals surface area contributed by atoms with Gasteiger partial charge >= 0.3 is 13.8 Å². The van der Waals surface area contributed by atoms with Crippen molar-refractivity contribution >= 4 is 13.8 Å². The van der Waals surface area contributed by atoms with Crippen LogP contribution in [0.15, 0.2) is 38.0 Å². The maximum absolute atomic E-state index is 10.2. The topological polar surface area (TPSA) is 93.1 Å². The molecule has 0 aromatic carbocycles. The Morgan fingerprint density at radius 2 is 1.69 bits per heavy atom. The number of phosphoric ester groups is 1. The molecule has 0 aliphatic rings. The summed E-state index contributed by atoms with van der Waals surface area (Å²) in [5.74, 6) is -0.412. The summed E-state index contributed by atoms with van der Waals surface area (Å²) in [6, 6.07) is 0. The van der Waals surface area contributed by atoms with Gasteiger partial charge in [-0.15, -0.1) is 6.58 Å². The van der Waals surface area contributed by atoms with Gasteiger partial charge in [0, 0.05) is 6.08 Å². The molecule has 0 amide bonds. The highest BCUT2D eigenvalue weighted by molar-refractivity contribution is 7.46. The number of ether oxygens (including phenoxy) is 1. The average Bonchev–Trinajstić information content (AvgIpc) is 2.22. The second kappa shape index (κ2) is 10.3. The molecule has 0 atom stereocenters. The van der Waals surface area contributed by atoms with Crippen molar-refractivity contribution in [2.24, 2.45) is 0 Å². The largest absolute Gasteiger partial charge is 0.469 e. The summed E-state index contributed by atoms with van der Waals surface area (Å²) in [4.78, 5) is 26.2. The van der Waals surface area contributed by atoms with Crippen LogP contribution in [-0.4, -0.2) is 29.0 Å². The van der Waals surface area contributed by atoms with Crippen LogP contribution in [0.25, 0.3) is 0 Å². The molecule has 7 heteroatoms. The molecule has 0 aromatic rings. The Hall–Kier alpha value is -1.20. The van der Waals surface area contributed by atoms with E-state index in [2.05, 4.69) is 29.0 Å². The number of hydrogen-bond acceptors (Lipinski definition) is 4. The number of rotatable bonds is 6. The molecule has 0 aromatic heterocycles. The highest BCUT2D eigenvalue weighted by Crippen LogP contribution is 2.35. The highest BCUT2D eigenvalue weighted by atomic mass is 31.2. The van der Waals surface area contributed by atoms with E-state index in [1.807, 2.05) is 0 Å². The van der Waals surface area contributed by atoms with E-state index in [0.29, 0.717) is 0 Å². The van der Waals surface area contributed by atoms with Gasteiger partial charge < -0.3 is 14.5 Å². The predicted octanol–water partition coefficient (Wildman–Crippen LogP) is 1.18. The second-order valence-electron chi connectivity index (χ2n) is 2.20. The highest BCUT2D eigenvalue weighted by Gasteiger charge is 2.10. The van der Waals surface area contributed by atoms with Crippen LogP contribution in [0.1, 0.15) is 0 Å². The van der Waals surface area contributed by atoms with Gasteiger partial charge in [0.05, 0.1) is 6.61 Å². The first-order valence-corrected chi connectivity index (χ1v) is 5.61. The molecule has 92 valence electrons. The Labute approximate surface area is 94.1 Å². The normalized spacial score (nSPS) is 9.38. The van der Waals surface area contributed by atoms with Crippen LogP contribution in [0.2, 0.25) is 0 Å². The summed E-state index contributed by atoms with van der Waals surface area (Å²) < 4.78 is 18.2. The Balaban J connectivity index is 0. The third-order valence-corrected chi connectivity index (χ3v) is 1.36. The SMILES string of the molecule is C=CCOC(=O)C=C.C=CCOP(=O)(O)O. The van der Waals surface area contributed by atoms with E-state index >= 15 is 0 Å². The monoisotopic (exact) mass is 250 g/mol. The van der Waals surface area contributed by atoms with Crippen LogP contribution in [-0.2, 0) is 18.6 Å². The summed E-state index contributed by atoms with van der Waals surface area (Å²) in [6.45, 7) is 9.89. The quantitative estimate of drug-likeness (QED) is 0.318. The van der Waals surface area contributed by atoms with Crippen molar-refractivity contribution in [3.63, 3.8) is 0 Å². The molecule has 0 unspecified atom stereocenters. The van der Waals surface area contributed by atoms with E-state index in [9.17, 15) is 9.36 Å². The molecular weight excluding hydrogens is 235 g/mol. The van der Waals surface area contributed by atoms with Crippen molar-refractivity contribution in [1.29, 1.82) is 0 Å². The van der Waals surface area contributed by atoms with Gasteiger partial charge in [-0.2, -0.15) is 0 Å². The van der Waals surface area contributed by atoms with Crippen molar-refractivity contribution in [2.45, 2.75) is 0 Å². The maximum Gasteiger partial charge on any atom is 0.469 e. The minimum Gasteiger partial charge on any atom is -0.458 e. The van der Waals surface area contributed by atoms with Gasteiger partial charge in [-0.1, -0.05) is 25.3 Å². The zero-order valence-electron chi connectivity index (χ0n) is 8.74. The lowest BCUT2D eigenvalue weighted by Gasteiger charge is -1.98. The minimum atomic E-state index is -4.25. The summed E-state index contributed by atoms with van der Waals surface area (Å²) in [5.41, 5.74) is 0. The van der Waals surface area contributed by atoms with Gasteiger partial charge in [0.25, 0.3) is 0 Å². The van der Waals surface area contributed by atoms with Gasteiger partial charge in [0.1, 0.15) is 6.61 Å². The molecule has 0 aliphatic carbocycles. The van der Waals surface area contributed by atoms with E-state index in [1.54, 1.807) is 0 Å². The molecule has 0 heterocycles. The molecule has 0 aliphatic heterocycles. The van der Waals surface area contributed by atoms with Crippen LogP contribution in [0.4, 0.5) is 0 Å². The number of carbonyl (C=O) groups is 1. The van der Waals surface area contributed by atoms with E-state index in [1.165, 1.54) is 12.2 Å². The molecular formula is C9H15O6P. The summed E-state index contributed by atoms with van der Waals surface area (Å²) >= 11 is 0. The summed E-state index contributed by atoms with van der Waals surface area (Å²) in [6.07, 6.45) is 3.88. The number of esters is 1. The second-order valence-corrected chi connectivity index (χ2v) is 3.44. The van der Waals surface area contributed by atoms with Crippen LogP contribution in [0, 0.1) is 0 Å². The average molecular weight is 250 g/mol. The lowest BCUT2D eigenvalue weighted by molar-refractivity contribution is -0.136. The minimum absolute atomic E-state index is 0.121. The molecule has 0 fully saturated rings. The predicted molar refractivity (Wildman–Crippen MR) is 59.5 cm³/mol. The Bertz CT molecular complexity index is 280. The molecule has 0 saturated carbocycles. The number of phosphoric acid groups is 1. The van der Waals surface area contributed by atoms with Gasteiger partial charge in [-0.05, 0) is 0 Å². The zero-order valence-corrected chi connectivity index (χ0v) is 9.64. The fourth-order valence-electron chi connectivity index (χ4n) is 0.350. The zero-order chi connectivity index (χ0) is 13.0. The molecule has 0 spiro atoms. The number of carbonyl (C=O) groups excluding carboxylic acids is 1. The first-order valence-electron chi connectivity index (χ1n) is 4.08.